The van der Waals surface area contributed by atoms with Gasteiger partial charge in [-0.15, -0.1) is 0 Å². The van der Waals surface area contributed by atoms with Gasteiger partial charge in [-0.2, -0.15) is 0 Å². The van der Waals surface area contributed by atoms with Gasteiger partial charge in [0.2, 0.25) is 11.5 Å². The second-order valence-corrected chi connectivity index (χ2v) is 6.38. The number of phenolic OH excluding ortho intramolecular Hbond substituents is 7. The smallest absolute Gasteiger partial charge is 0.212 e. The van der Waals surface area contributed by atoms with Crippen LogP contribution < -0.4 is 9.47 Å². The van der Waals surface area contributed by atoms with Crippen LogP contribution in [0, 0.1) is 0 Å². The molecule has 3 aromatic rings. The monoisotopic (exact) mass is 452 g/mol. The summed E-state index contributed by atoms with van der Waals surface area (Å²) in [5, 5.41) is 68.5. The summed E-state index contributed by atoms with van der Waals surface area (Å²) in [6, 6.07) is 6.33. The van der Waals surface area contributed by atoms with Gasteiger partial charge in [-0.3, -0.25) is 0 Å². The summed E-state index contributed by atoms with van der Waals surface area (Å²) in [4.78, 5) is 0. The van der Waals surface area contributed by atoms with Gasteiger partial charge in [0.05, 0.1) is 0 Å². The Hall–Kier alpha value is -3.66. The molecule has 0 aromatic heterocycles. The minimum Gasteiger partial charge on any atom is -0.508 e. The molecule has 0 fully saturated rings. The standard InChI is InChI=1S/C18H13BrO9/c19-15-11(22)6-14(25)18(16(15)26)28-10-4-12(23)17(13(24)5-10)27-9-2-7(20)1-8(21)3-9/h1-6,20-26H. The first-order valence-corrected chi connectivity index (χ1v) is 8.33. The summed E-state index contributed by atoms with van der Waals surface area (Å²) >= 11 is 2.92. The number of halogens is 1. The van der Waals surface area contributed by atoms with Gasteiger partial charge in [-0.25, -0.2) is 0 Å². The fourth-order valence-electron chi connectivity index (χ4n) is 2.30. The second-order valence-electron chi connectivity index (χ2n) is 5.59. The zero-order valence-corrected chi connectivity index (χ0v) is 15.4. The number of hydrogen-bond donors (Lipinski definition) is 7. The molecule has 0 unspecified atom stereocenters. The van der Waals surface area contributed by atoms with E-state index in [9.17, 15) is 35.7 Å². The van der Waals surface area contributed by atoms with E-state index in [0.717, 1.165) is 36.4 Å². The van der Waals surface area contributed by atoms with Crippen LogP contribution in [0.4, 0.5) is 0 Å². The Balaban J connectivity index is 1.94. The minimum absolute atomic E-state index is 0.0606. The summed E-state index contributed by atoms with van der Waals surface area (Å²) in [5.74, 6) is -4.42. The zero-order chi connectivity index (χ0) is 20.6. The van der Waals surface area contributed by atoms with Crippen molar-refractivity contribution in [2.75, 3.05) is 0 Å². The molecule has 0 aliphatic heterocycles. The zero-order valence-electron chi connectivity index (χ0n) is 13.8. The Morgan fingerprint density at radius 2 is 1.00 bits per heavy atom. The Kier molecular flexibility index (Phi) is 4.89. The predicted octanol–water partition coefficient (Wildman–Crippen LogP) is 3.97. The Morgan fingerprint density at radius 3 is 1.57 bits per heavy atom. The van der Waals surface area contributed by atoms with Crippen molar-refractivity contribution in [3.05, 3.63) is 40.9 Å². The quantitative estimate of drug-likeness (QED) is 0.310. The Morgan fingerprint density at radius 1 is 0.536 bits per heavy atom. The third-order valence-corrected chi connectivity index (χ3v) is 4.27. The van der Waals surface area contributed by atoms with Gasteiger partial charge in [0.1, 0.15) is 33.2 Å². The molecule has 0 heterocycles. The van der Waals surface area contributed by atoms with Crippen LogP contribution in [0.25, 0.3) is 0 Å². The minimum atomic E-state index is -0.605. The molecule has 0 aliphatic rings. The van der Waals surface area contributed by atoms with Crippen LogP contribution in [0.5, 0.6) is 63.2 Å². The van der Waals surface area contributed by atoms with E-state index >= 15 is 0 Å². The summed E-state index contributed by atoms with van der Waals surface area (Å²) in [5.41, 5.74) is 0. The molecule has 0 spiro atoms. The number of aromatic hydroxyl groups is 7. The molecule has 10 heteroatoms. The molecule has 0 saturated heterocycles. The lowest BCUT2D eigenvalue weighted by atomic mass is 10.2. The Bertz CT molecular complexity index is 1020. The molecule has 0 amide bonds. The van der Waals surface area contributed by atoms with Crippen molar-refractivity contribution in [2.24, 2.45) is 0 Å². The van der Waals surface area contributed by atoms with E-state index < -0.39 is 40.2 Å². The summed E-state index contributed by atoms with van der Waals surface area (Å²) in [6.07, 6.45) is 0. The molecule has 9 nitrogen and oxygen atoms in total. The maximum Gasteiger partial charge on any atom is 0.212 e. The number of ether oxygens (including phenoxy) is 2. The maximum atomic E-state index is 10.1. The second kappa shape index (κ2) is 7.16. The van der Waals surface area contributed by atoms with Gasteiger partial charge >= 0.3 is 0 Å². The molecule has 0 aliphatic carbocycles. The van der Waals surface area contributed by atoms with E-state index in [2.05, 4.69) is 15.9 Å². The van der Waals surface area contributed by atoms with E-state index in [4.69, 9.17) is 9.47 Å². The molecule has 0 saturated carbocycles. The third kappa shape index (κ3) is 3.71. The number of phenols is 7. The first-order chi connectivity index (χ1) is 13.2. The largest absolute Gasteiger partial charge is 0.508 e. The fraction of sp³-hybridized carbons (Fsp3) is 0. The average molecular weight is 453 g/mol. The molecule has 28 heavy (non-hydrogen) atoms. The third-order valence-electron chi connectivity index (χ3n) is 3.49. The van der Waals surface area contributed by atoms with Crippen LogP contribution in [0.15, 0.2) is 40.9 Å². The lowest BCUT2D eigenvalue weighted by molar-refractivity contribution is 0.352. The Labute approximate surface area is 165 Å². The maximum absolute atomic E-state index is 10.1. The highest BCUT2D eigenvalue weighted by Crippen LogP contribution is 2.50. The van der Waals surface area contributed by atoms with Crippen molar-refractivity contribution in [2.45, 2.75) is 0 Å². The van der Waals surface area contributed by atoms with Crippen molar-refractivity contribution in [1.29, 1.82) is 0 Å². The van der Waals surface area contributed by atoms with Crippen LogP contribution in [0.3, 0.4) is 0 Å². The van der Waals surface area contributed by atoms with Crippen LogP contribution in [0.1, 0.15) is 0 Å². The van der Waals surface area contributed by atoms with Crippen molar-refractivity contribution >= 4 is 15.9 Å². The van der Waals surface area contributed by atoms with Crippen molar-refractivity contribution < 1.29 is 45.2 Å². The molecule has 0 atom stereocenters. The van der Waals surface area contributed by atoms with Crippen LogP contribution in [-0.4, -0.2) is 35.7 Å². The van der Waals surface area contributed by atoms with E-state index in [0.29, 0.717) is 0 Å². The molecular weight excluding hydrogens is 440 g/mol. The number of rotatable bonds is 4. The van der Waals surface area contributed by atoms with Gasteiger partial charge in [0.25, 0.3) is 0 Å². The van der Waals surface area contributed by atoms with Gasteiger partial charge in [0.15, 0.2) is 23.0 Å². The lowest BCUT2D eigenvalue weighted by Gasteiger charge is -2.14. The molecular formula is C18H13BrO9. The van der Waals surface area contributed by atoms with Crippen molar-refractivity contribution in [3.8, 4) is 63.2 Å². The number of hydrogen-bond acceptors (Lipinski definition) is 9. The van der Waals surface area contributed by atoms with Gasteiger partial charge in [-0.1, -0.05) is 0 Å². The summed E-state index contributed by atoms with van der Waals surface area (Å²) < 4.78 is 10.4. The van der Waals surface area contributed by atoms with Gasteiger partial charge in [0, 0.05) is 36.4 Å². The van der Waals surface area contributed by atoms with E-state index in [-0.39, 0.29) is 27.5 Å². The first kappa shape index (κ1) is 19.1. The van der Waals surface area contributed by atoms with Gasteiger partial charge < -0.3 is 45.2 Å². The van der Waals surface area contributed by atoms with Crippen molar-refractivity contribution in [3.63, 3.8) is 0 Å². The lowest BCUT2D eigenvalue weighted by Crippen LogP contribution is -1.90. The van der Waals surface area contributed by atoms with Crippen molar-refractivity contribution in [1.82, 2.24) is 0 Å². The topological polar surface area (TPSA) is 160 Å². The average Bonchev–Trinajstić information content (AvgIpc) is 2.59. The van der Waals surface area contributed by atoms with Crippen LogP contribution in [-0.2, 0) is 0 Å². The van der Waals surface area contributed by atoms with Crippen LogP contribution in [0.2, 0.25) is 0 Å². The SMILES string of the molecule is Oc1cc(O)cc(Oc2c(O)cc(Oc3c(O)cc(O)c(Br)c3O)cc2O)c1. The van der Waals surface area contributed by atoms with E-state index in [1.165, 1.54) is 0 Å². The molecule has 7 N–H and O–H groups in total. The normalized spacial score (nSPS) is 10.6. The fourth-order valence-corrected chi connectivity index (χ4v) is 2.60. The molecule has 146 valence electrons. The van der Waals surface area contributed by atoms with E-state index in [1.54, 1.807) is 0 Å². The molecule has 0 bridgehead atoms. The predicted molar refractivity (Wildman–Crippen MR) is 98.8 cm³/mol. The highest BCUT2D eigenvalue weighted by atomic mass is 79.9. The highest BCUT2D eigenvalue weighted by Gasteiger charge is 2.20. The highest BCUT2D eigenvalue weighted by molar-refractivity contribution is 9.10. The first-order valence-electron chi connectivity index (χ1n) is 7.53. The van der Waals surface area contributed by atoms with E-state index in [1.807, 2.05) is 0 Å². The molecule has 3 aromatic carbocycles. The summed E-state index contributed by atoms with van der Waals surface area (Å²) in [6.45, 7) is 0. The molecule has 0 radical (unpaired) electrons. The number of benzene rings is 3. The summed E-state index contributed by atoms with van der Waals surface area (Å²) in [7, 11) is 0. The van der Waals surface area contributed by atoms with Gasteiger partial charge in [-0.05, 0) is 15.9 Å². The molecule has 3 rings (SSSR count). The van der Waals surface area contributed by atoms with Crippen LogP contribution >= 0.6 is 15.9 Å².